The van der Waals surface area contributed by atoms with Crippen LogP contribution in [-0.4, -0.2) is 43.4 Å². The third-order valence-electron chi connectivity index (χ3n) is 4.13. The maximum atomic E-state index is 13.5. The van der Waals surface area contributed by atoms with Crippen molar-refractivity contribution < 1.29 is 23.5 Å². The first kappa shape index (κ1) is 17.1. The number of nitrogens with zero attached hydrogens (tertiary/aromatic N) is 1. The molecular formula is C19H18FNO4. The fourth-order valence-corrected chi connectivity index (χ4v) is 2.82. The molecule has 2 aromatic rings. The molecule has 1 heterocycles. The highest BCUT2D eigenvalue weighted by atomic mass is 19.1. The largest absolute Gasteiger partial charge is 0.496 e. The number of morpholine rings is 1. The Hall–Kier alpha value is -2.73. The van der Waals surface area contributed by atoms with Gasteiger partial charge in [-0.2, -0.15) is 0 Å². The van der Waals surface area contributed by atoms with Gasteiger partial charge in [0, 0.05) is 6.54 Å². The standard InChI is InChI=1S/C19H18FNO4/c1-24-16-8-7-14(20)11-15(16)18(22)19(23)21-9-10-25-17(12-21)13-5-3-2-4-6-13/h2-8,11,17H,9-10,12H2,1H3/t17-/m0/s1. The second-order valence-corrected chi connectivity index (χ2v) is 5.70. The average Bonchev–Trinajstić information content (AvgIpc) is 2.67. The molecule has 1 amide bonds. The van der Waals surface area contributed by atoms with Gasteiger partial charge in [-0.15, -0.1) is 0 Å². The van der Waals surface area contributed by atoms with Crippen molar-refractivity contribution >= 4 is 11.7 Å². The van der Waals surface area contributed by atoms with Crippen LogP contribution >= 0.6 is 0 Å². The van der Waals surface area contributed by atoms with Crippen LogP contribution in [0.5, 0.6) is 5.75 Å². The molecule has 1 saturated heterocycles. The summed E-state index contributed by atoms with van der Waals surface area (Å²) in [6.07, 6.45) is -0.291. The fraction of sp³-hybridized carbons (Fsp3) is 0.263. The predicted octanol–water partition coefficient (Wildman–Crippen LogP) is 2.62. The van der Waals surface area contributed by atoms with E-state index in [1.165, 1.54) is 24.1 Å². The molecule has 0 N–H and O–H groups in total. The fourth-order valence-electron chi connectivity index (χ4n) is 2.82. The lowest BCUT2D eigenvalue weighted by molar-refractivity contribution is -0.134. The molecule has 1 aliphatic rings. The van der Waals surface area contributed by atoms with Crippen LogP contribution in [0.15, 0.2) is 48.5 Å². The molecule has 3 rings (SSSR count). The maximum absolute atomic E-state index is 13.5. The number of carbonyl (C=O) groups is 2. The van der Waals surface area contributed by atoms with E-state index in [4.69, 9.17) is 9.47 Å². The molecule has 0 saturated carbocycles. The van der Waals surface area contributed by atoms with Crippen molar-refractivity contribution in [2.24, 2.45) is 0 Å². The Bertz CT molecular complexity index is 778. The summed E-state index contributed by atoms with van der Waals surface area (Å²) in [5.41, 5.74) is 0.867. The summed E-state index contributed by atoms with van der Waals surface area (Å²) in [6, 6.07) is 13.0. The van der Waals surface area contributed by atoms with Gasteiger partial charge in [0.1, 0.15) is 17.7 Å². The monoisotopic (exact) mass is 343 g/mol. The number of Topliss-reactive ketones (excluding diaryl/α,β-unsaturated/α-hetero) is 1. The van der Waals surface area contributed by atoms with E-state index in [2.05, 4.69) is 0 Å². The summed E-state index contributed by atoms with van der Waals surface area (Å²) in [4.78, 5) is 26.6. The van der Waals surface area contributed by atoms with Crippen LogP contribution in [0.4, 0.5) is 4.39 Å². The molecular weight excluding hydrogens is 325 g/mol. The number of halogens is 1. The van der Waals surface area contributed by atoms with Crippen LogP contribution in [0, 0.1) is 5.82 Å². The van der Waals surface area contributed by atoms with Crippen molar-refractivity contribution in [2.75, 3.05) is 26.8 Å². The number of hydrogen-bond acceptors (Lipinski definition) is 4. The summed E-state index contributed by atoms with van der Waals surface area (Å²) >= 11 is 0. The number of carbonyl (C=O) groups excluding carboxylic acids is 2. The van der Waals surface area contributed by atoms with Gasteiger partial charge < -0.3 is 14.4 Å². The lowest BCUT2D eigenvalue weighted by atomic mass is 10.1. The van der Waals surface area contributed by atoms with Crippen molar-refractivity contribution in [1.82, 2.24) is 4.90 Å². The van der Waals surface area contributed by atoms with Crippen molar-refractivity contribution in [1.29, 1.82) is 0 Å². The first-order valence-electron chi connectivity index (χ1n) is 7.94. The SMILES string of the molecule is COc1ccc(F)cc1C(=O)C(=O)N1CCO[C@H](c2ccccc2)C1. The Morgan fingerprint density at radius 2 is 1.96 bits per heavy atom. The smallest absolute Gasteiger partial charge is 0.295 e. The Labute approximate surface area is 145 Å². The summed E-state index contributed by atoms with van der Waals surface area (Å²) in [6.45, 7) is 0.913. The Balaban J connectivity index is 1.78. The topological polar surface area (TPSA) is 55.8 Å². The summed E-state index contributed by atoms with van der Waals surface area (Å²) in [7, 11) is 1.37. The third-order valence-corrected chi connectivity index (χ3v) is 4.13. The van der Waals surface area contributed by atoms with Crippen LogP contribution < -0.4 is 4.74 Å². The van der Waals surface area contributed by atoms with Gasteiger partial charge in [-0.25, -0.2) is 4.39 Å². The summed E-state index contributed by atoms with van der Waals surface area (Å²) in [5, 5.41) is 0. The molecule has 5 nitrogen and oxygen atoms in total. The van der Waals surface area contributed by atoms with Crippen molar-refractivity contribution in [2.45, 2.75) is 6.10 Å². The summed E-state index contributed by atoms with van der Waals surface area (Å²) in [5.74, 6) is -1.90. The van der Waals surface area contributed by atoms with Crippen molar-refractivity contribution in [3.63, 3.8) is 0 Å². The lowest BCUT2D eigenvalue weighted by Gasteiger charge is -2.32. The van der Waals surface area contributed by atoms with Crippen molar-refractivity contribution in [3.05, 3.63) is 65.5 Å². The van der Waals surface area contributed by atoms with Crippen LogP contribution in [0.1, 0.15) is 22.0 Å². The second-order valence-electron chi connectivity index (χ2n) is 5.70. The van der Waals surface area contributed by atoms with Gasteiger partial charge in [-0.1, -0.05) is 30.3 Å². The van der Waals surface area contributed by atoms with E-state index in [-0.39, 0.29) is 24.0 Å². The molecule has 25 heavy (non-hydrogen) atoms. The van der Waals surface area contributed by atoms with E-state index in [9.17, 15) is 14.0 Å². The van der Waals surface area contributed by atoms with Crippen LogP contribution in [-0.2, 0) is 9.53 Å². The molecule has 0 bridgehead atoms. The molecule has 1 fully saturated rings. The zero-order chi connectivity index (χ0) is 17.8. The van der Waals surface area contributed by atoms with Gasteiger partial charge >= 0.3 is 0 Å². The molecule has 130 valence electrons. The van der Waals surface area contributed by atoms with Gasteiger partial charge in [0.25, 0.3) is 11.7 Å². The molecule has 6 heteroatoms. The molecule has 2 aromatic carbocycles. The summed E-state index contributed by atoms with van der Waals surface area (Å²) < 4.78 is 24.3. The highest BCUT2D eigenvalue weighted by Crippen LogP contribution is 2.24. The van der Waals surface area contributed by atoms with E-state index >= 15 is 0 Å². The lowest BCUT2D eigenvalue weighted by Crippen LogP contribution is -2.45. The first-order valence-corrected chi connectivity index (χ1v) is 7.94. The number of ketones is 1. The van der Waals surface area contributed by atoms with E-state index in [0.717, 1.165) is 11.6 Å². The maximum Gasteiger partial charge on any atom is 0.295 e. The number of ether oxygens (including phenoxy) is 2. The molecule has 0 aliphatic carbocycles. The molecule has 0 radical (unpaired) electrons. The highest BCUT2D eigenvalue weighted by molar-refractivity contribution is 6.43. The number of methoxy groups -OCH3 is 1. The van der Waals surface area contributed by atoms with E-state index in [1.807, 2.05) is 30.3 Å². The zero-order valence-electron chi connectivity index (χ0n) is 13.8. The molecule has 1 atom stereocenters. The molecule has 0 spiro atoms. The van der Waals surface area contributed by atoms with Crippen molar-refractivity contribution in [3.8, 4) is 5.75 Å². The normalized spacial score (nSPS) is 17.2. The van der Waals surface area contributed by atoms with Gasteiger partial charge in [-0.05, 0) is 23.8 Å². The number of rotatable bonds is 4. The minimum Gasteiger partial charge on any atom is -0.496 e. The average molecular weight is 343 g/mol. The number of hydrogen-bond donors (Lipinski definition) is 0. The Kier molecular flexibility index (Phi) is 5.09. The quantitative estimate of drug-likeness (QED) is 0.633. The number of amides is 1. The van der Waals surface area contributed by atoms with Crippen LogP contribution in [0.3, 0.4) is 0 Å². The van der Waals surface area contributed by atoms with E-state index < -0.39 is 17.5 Å². The Morgan fingerprint density at radius 1 is 1.20 bits per heavy atom. The van der Waals surface area contributed by atoms with E-state index in [1.54, 1.807) is 0 Å². The Morgan fingerprint density at radius 3 is 2.68 bits per heavy atom. The van der Waals surface area contributed by atoms with Gasteiger partial charge in [0.2, 0.25) is 0 Å². The van der Waals surface area contributed by atoms with Gasteiger partial charge in [-0.3, -0.25) is 9.59 Å². The zero-order valence-corrected chi connectivity index (χ0v) is 13.8. The van der Waals surface area contributed by atoms with E-state index in [0.29, 0.717) is 13.2 Å². The van der Waals surface area contributed by atoms with Gasteiger partial charge in [0.05, 0.1) is 25.8 Å². The second kappa shape index (κ2) is 7.44. The molecule has 1 aliphatic heterocycles. The first-order chi connectivity index (χ1) is 12.1. The van der Waals surface area contributed by atoms with Gasteiger partial charge in [0.15, 0.2) is 0 Å². The van der Waals surface area contributed by atoms with Crippen LogP contribution in [0.2, 0.25) is 0 Å². The predicted molar refractivity (Wildman–Crippen MR) is 89.0 cm³/mol. The molecule has 0 aromatic heterocycles. The minimum absolute atomic E-state index is 0.0738. The molecule has 0 unspecified atom stereocenters. The minimum atomic E-state index is -0.787. The highest BCUT2D eigenvalue weighted by Gasteiger charge is 2.31. The third kappa shape index (κ3) is 3.69. The van der Waals surface area contributed by atoms with Crippen LogP contribution in [0.25, 0.3) is 0 Å². The number of benzene rings is 2.